The lowest BCUT2D eigenvalue weighted by Gasteiger charge is -2.18. The van der Waals surface area contributed by atoms with Crippen molar-refractivity contribution < 1.29 is 14.6 Å². The van der Waals surface area contributed by atoms with Gasteiger partial charge in [0.15, 0.2) is 6.79 Å². The lowest BCUT2D eigenvalue weighted by Crippen LogP contribution is -2.22. The Balaban J connectivity index is 2.12. The maximum atomic E-state index is 10.7. The zero-order valence-corrected chi connectivity index (χ0v) is 17.8. The number of nitriles is 1. The van der Waals surface area contributed by atoms with Crippen LogP contribution in [0.3, 0.4) is 0 Å². The summed E-state index contributed by atoms with van der Waals surface area (Å²) in [4.78, 5) is 4.29. The van der Waals surface area contributed by atoms with E-state index in [1.54, 1.807) is 36.4 Å². The van der Waals surface area contributed by atoms with Crippen LogP contribution < -0.4 is 4.74 Å². The summed E-state index contributed by atoms with van der Waals surface area (Å²) in [5.41, 5.74) is 1.50. The summed E-state index contributed by atoms with van der Waals surface area (Å²) >= 11 is 3.31. The van der Waals surface area contributed by atoms with Gasteiger partial charge in [-0.3, -0.25) is 0 Å². The summed E-state index contributed by atoms with van der Waals surface area (Å²) in [6, 6.07) is 13.4. The van der Waals surface area contributed by atoms with Crippen LogP contribution in [0.2, 0.25) is 25.7 Å². The van der Waals surface area contributed by atoms with Crippen LogP contribution in [-0.4, -0.2) is 31.6 Å². The Bertz CT molecular complexity index is 787. The van der Waals surface area contributed by atoms with Crippen molar-refractivity contribution in [3.05, 3.63) is 57.8 Å². The Labute approximate surface area is 163 Å². The van der Waals surface area contributed by atoms with Crippen molar-refractivity contribution in [3.8, 4) is 11.8 Å². The maximum absolute atomic E-state index is 10.7. The van der Waals surface area contributed by atoms with Crippen LogP contribution in [0.15, 0.2) is 41.0 Å². The Kier molecular flexibility index (Phi) is 7.35. The molecule has 0 aliphatic heterocycles. The number of pyridine rings is 1. The van der Waals surface area contributed by atoms with E-state index in [0.29, 0.717) is 33.8 Å². The lowest BCUT2D eigenvalue weighted by molar-refractivity contribution is 0.0203. The van der Waals surface area contributed by atoms with Crippen LogP contribution in [0.25, 0.3) is 0 Å². The fourth-order valence-electron chi connectivity index (χ4n) is 2.23. The Morgan fingerprint density at radius 3 is 2.69 bits per heavy atom. The number of nitrogens with zero attached hydrogens (tertiary/aromatic N) is 2. The van der Waals surface area contributed by atoms with E-state index in [4.69, 9.17) is 14.7 Å². The lowest BCUT2D eigenvalue weighted by atomic mass is 10.0. The number of halogens is 1. The molecule has 1 aromatic heterocycles. The maximum Gasteiger partial charge on any atom is 0.189 e. The molecule has 0 fully saturated rings. The van der Waals surface area contributed by atoms with Crippen LogP contribution in [0.5, 0.6) is 5.75 Å². The molecule has 0 aliphatic carbocycles. The second kappa shape index (κ2) is 9.28. The monoisotopic (exact) mass is 434 g/mol. The van der Waals surface area contributed by atoms with Crippen LogP contribution in [0.1, 0.15) is 22.9 Å². The topological polar surface area (TPSA) is 75.4 Å². The number of hydrogen-bond donors (Lipinski definition) is 1. The van der Waals surface area contributed by atoms with Gasteiger partial charge in [-0.2, -0.15) is 5.26 Å². The van der Waals surface area contributed by atoms with Gasteiger partial charge in [0.25, 0.3) is 0 Å². The summed E-state index contributed by atoms with van der Waals surface area (Å²) in [7, 11) is -1.16. The molecule has 0 bridgehead atoms. The van der Waals surface area contributed by atoms with E-state index in [-0.39, 0.29) is 6.79 Å². The quantitative estimate of drug-likeness (QED) is 0.286. The van der Waals surface area contributed by atoms with E-state index in [2.05, 4.69) is 46.6 Å². The highest BCUT2D eigenvalue weighted by molar-refractivity contribution is 9.10. The van der Waals surface area contributed by atoms with Crippen molar-refractivity contribution in [2.24, 2.45) is 0 Å². The van der Waals surface area contributed by atoms with Crippen molar-refractivity contribution in [1.82, 2.24) is 4.98 Å². The molecule has 2 aromatic rings. The van der Waals surface area contributed by atoms with Crippen LogP contribution in [0.4, 0.5) is 0 Å². The van der Waals surface area contributed by atoms with Gasteiger partial charge in [0, 0.05) is 20.2 Å². The summed E-state index contributed by atoms with van der Waals surface area (Å²) in [6.07, 6.45) is -0.961. The molecule has 0 radical (unpaired) electrons. The van der Waals surface area contributed by atoms with E-state index in [1.807, 2.05) is 0 Å². The molecule has 0 saturated carbocycles. The number of benzene rings is 1. The third-order valence-electron chi connectivity index (χ3n) is 3.75. The second-order valence-corrected chi connectivity index (χ2v) is 13.6. The van der Waals surface area contributed by atoms with Gasteiger partial charge in [0.05, 0.1) is 17.3 Å². The summed E-state index contributed by atoms with van der Waals surface area (Å²) in [6.45, 7) is 7.57. The van der Waals surface area contributed by atoms with Gasteiger partial charge >= 0.3 is 0 Å². The third kappa shape index (κ3) is 6.22. The van der Waals surface area contributed by atoms with Crippen molar-refractivity contribution in [2.75, 3.05) is 13.4 Å². The molecule has 5 nitrogen and oxygen atoms in total. The van der Waals surface area contributed by atoms with E-state index in [0.717, 1.165) is 6.04 Å². The van der Waals surface area contributed by atoms with Gasteiger partial charge in [-0.1, -0.05) is 31.8 Å². The first-order chi connectivity index (χ1) is 12.3. The first-order valence-electron chi connectivity index (χ1n) is 8.35. The average Bonchev–Trinajstić information content (AvgIpc) is 2.59. The number of ether oxygens (including phenoxy) is 2. The molecule has 1 atom stereocenters. The highest BCUT2D eigenvalue weighted by Crippen LogP contribution is 2.30. The molecule has 7 heteroatoms. The molecule has 2 rings (SSSR count). The first-order valence-corrected chi connectivity index (χ1v) is 12.9. The molecular formula is C19H23BrN2O3Si. The summed E-state index contributed by atoms with van der Waals surface area (Å²) < 4.78 is 11.9. The molecule has 0 spiro atoms. The van der Waals surface area contributed by atoms with Crippen LogP contribution in [-0.2, 0) is 4.74 Å². The summed E-state index contributed by atoms with van der Waals surface area (Å²) in [5, 5.41) is 19.8. The zero-order chi connectivity index (χ0) is 19.2. The van der Waals surface area contributed by atoms with Crippen molar-refractivity contribution in [3.63, 3.8) is 0 Å². The fourth-order valence-corrected chi connectivity index (χ4v) is 3.35. The standard InChI is InChI=1S/C19H23BrN2O3Si/c1-26(2,3)10-9-24-13-25-17-11-14(12-21)7-8-15(17)19(23)16-5-4-6-18(20)22-16/h4-8,11,19,23H,9-10,13H2,1-3H3. The molecule has 1 unspecified atom stereocenters. The second-order valence-electron chi connectivity index (χ2n) is 7.13. The molecule has 1 aromatic carbocycles. The molecular weight excluding hydrogens is 412 g/mol. The Morgan fingerprint density at radius 1 is 1.27 bits per heavy atom. The van der Waals surface area contributed by atoms with E-state index in [1.165, 1.54) is 0 Å². The van der Waals surface area contributed by atoms with Crippen molar-refractivity contribution >= 4 is 24.0 Å². The average molecular weight is 435 g/mol. The Hall–Kier alpha value is -1.72. The SMILES string of the molecule is C[Si](C)(C)CCOCOc1cc(C#N)ccc1C(O)c1cccc(Br)n1. The van der Waals surface area contributed by atoms with Gasteiger partial charge in [-0.05, 0) is 46.2 Å². The van der Waals surface area contributed by atoms with Gasteiger partial charge in [0.2, 0.25) is 0 Å². The fraction of sp³-hybridized carbons (Fsp3) is 0.368. The normalized spacial score (nSPS) is 12.5. The van der Waals surface area contributed by atoms with Crippen LogP contribution in [0, 0.1) is 11.3 Å². The molecule has 138 valence electrons. The highest BCUT2D eigenvalue weighted by atomic mass is 79.9. The largest absolute Gasteiger partial charge is 0.467 e. The molecule has 1 heterocycles. The molecule has 26 heavy (non-hydrogen) atoms. The predicted octanol–water partition coefficient (Wildman–Crippen LogP) is 4.49. The van der Waals surface area contributed by atoms with E-state index in [9.17, 15) is 5.11 Å². The molecule has 0 aliphatic rings. The first kappa shape index (κ1) is 20.6. The van der Waals surface area contributed by atoms with Crippen molar-refractivity contribution in [1.29, 1.82) is 5.26 Å². The summed E-state index contributed by atoms with van der Waals surface area (Å²) in [5.74, 6) is 0.423. The van der Waals surface area contributed by atoms with Crippen molar-refractivity contribution in [2.45, 2.75) is 31.8 Å². The van der Waals surface area contributed by atoms with E-state index >= 15 is 0 Å². The van der Waals surface area contributed by atoms with Gasteiger partial charge < -0.3 is 14.6 Å². The number of rotatable bonds is 8. The number of aromatic nitrogens is 1. The smallest absolute Gasteiger partial charge is 0.189 e. The number of hydrogen-bond acceptors (Lipinski definition) is 5. The molecule has 0 saturated heterocycles. The molecule has 1 N–H and O–H groups in total. The highest BCUT2D eigenvalue weighted by Gasteiger charge is 2.18. The van der Waals surface area contributed by atoms with Gasteiger partial charge in [-0.15, -0.1) is 0 Å². The zero-order valence-electron chi connectivity index (χ0n) is 15.2. The van der Waals surface area contributed by atoms with Gasteiger partial charge in [-0.25, -0.2) is 4.98 Å². The van der Waals surface area contributed by atoms with Gasteiger partial charge in [0.1, 0.15) is 16.5 Å². The number of aliphatic hydroxyl groups is 1. The minimum Gasteiger partial charge on any atom is -0.467 e. The Morgan fingerprint density at radius 2 is 2.04 bits per heavy atom. The number of aliphatic hydroxyl groups excluding tert-OH is 1. The minimum absolute atomic E-state index is 0.0744. The third-order valence-corrected chi connectivity index (χ3v) is 5.89. The predicted molar refractivity (Wildman–Crippen MR) is 107 cm³/mol. The molecule has 0 amide bonds. The van der Waals surface area contributed by atoms with E-state index < -0.39 is 14.2 Å². The minimum atomic E-state index is -1.16. The van der Waals surface area contributed by atoms with Crippen LogP contribution >= 0.6 is 15.9 Å².